The molecule has 2 aromatic rings. The minimum Gasteiger partial charge on any atom is -0.397 e. The summed E-state index contributed by atoms with van der Waals surface area (Å²) in [7, 11) is 0. The number of benzene rings is 1. The Morgan fingerprint density at radius 1 is 1.16 bits per heavy atom. The Hall–Kier alpha value is -1.56. The lowest BCUT2D eigenvalue weighted by Gasteiger charge is -2.09. The zero-order valence-corrected chi connectivity index (χ0v) is 11.6. The number of para-hydroxylation sites is 1. The molecule has 19 heavy (non-hydrogen) atoms. The van der Waals surface area contributed by atoms with Gasteiger partial charge >= 0.3 is 0 Å². The second-order valence-corrected chi connectivity index (χ2v) is 4.61. The molecular formula is C11H7Cl3N4O. The highest BCUT2D eigenvalue weighted by atomic mass is 35.5. The number of hydrogen-bond acceptors (Lipinski definition) is 4. The van der Waals surface area contributed by atoms with Crippen LogP contribution in [0.3, 0.4) is 0 Å². The van der Waals surface area contributed by atoms with Gasteiger partial charge in [0.25, 0.3) is 5.91 Å². The molecule has 1 aromatic heterocycles. The smallest absolute Gasteiger partial charge is 0.257 e. The Labute approximate surface area is 123 Å². The van der Waals surface area contributed by atoms with Gasteiger partial charge in [-0.25, -0.2) is 9.97 Å². The summed E-state index contributed by atoms with van der Waals surface area (Å²) in [5.74, 6) is -0.501. The largest absolute Gasteiger partial charge is 0.397 e. The fourth-order valence-electron chi connectivity index (χ4n) is 1.36. The molecule has 0 saturated carbocycles. The molecule has 3 N–H and O–H groups in total. The lowest BCUT2D eigenvalue weighted by atomic mass is 10.1. The molecule has 5 nitrogen and oxygen atoms in total. The molecule has 0 radical (unpaired) electrons. The van der Waals surface area contributed by atoms with Crippen LogP contribution in [0.4, 0.5) is 11.4 Å². The number of nitrogen functional groups attached to an aromatic ring is 1. The number of carbonyl (C=O) groups is 1. The van der Waals surface area contributed by atoms with E-state index in [9.17, 15) is 4.79 Å². The summed E-state index contributed by atoms with van der Waals surface area (Å²) in [4.78, 5) is 19.5. The maximum Gasteiger partial charge on any atom is 0.257 e. The summed E-state index contributed by atoms with van der Waals surface area (Å²) in [6.07, 6.45) is 1.19. The first-order valence-electron chi connectivity index (χ1n) is 5.02. The molecule has 1 aromatic carbocycles. The molecule has 1 heterocycles. The Morgan fingerprint density at radius 3 is 2.42 bits per heavy atom. The Bertz CT molecular complexity index is 628. The van der Waals surface area contributed by atoms with E-state index < -0.39 is 5.91 Å². The van der Waals surface area contributed by atoms with Crippen molar-refractivity contribution >= 4 is 52.1 Å². The van der Waals surface area contributed by atoms with Crippen LogP contribution in [-0.2, 0) is 0 Å². The van der Waals surface area contributed by atoms with Crippen LogP contribution in [-0.4, -0.2) is 15.9 Å². The van der Waals surface area contributed by atoms with E-state index in [4.69, 9.17) is 40.5 Å². The van der Waals surface area contributed by atoms with Crippen molar-refractivity contribution in [3.63, 3.8) is 0 Å². The molecule has 8 heteroatoms. The van der Waals surface area contributed by atoms with Gasteiger partial charge in [0.05, 0.1) is 16.3 Å². The number of nitrogens with zero attached hydrogens (tertiary/aromatic N) is 2. The molecule has 0 fully saturated rings. The molecule has 0 spiro atoms. The first kappa shape index (κ1) is 13.9. The first-order chi connectivity index (χ1) is 9.00. The van der Waals surface area contributed by atoms with Crippen molar-refractivity contribution in [2.24, 2.45) is 0 Å². The highest BCUT2D eigenvalue weighted by Gasteiger charge is 2.16. The topological polar surface area (TPSA) is 80.9 Å². The third-order valence-electron chi connectivity index (χ3n) is 2.29. The SMILES string of the molecule is Nc1c(Cl)cccc1C(=O)Nc1c(Cl)ncnc1Cl. The lowest BCUT2D eigenvalue weighted by molar-refractivity contribution is 0.102. The maximum atomic E-state index is 12.1. The predicted molar refractivity (Wildman–Crippen MR) is 75.9 cm³/mol. The van der Waals surface area contributed by atoms with Gasteiger partial charge in [-0.3, -0.25) is 4.79 Å². The Kier molecular flexibility index (Phi) is 4.09. The van der Waals surface area contributed by atoms with Crippen LogP contribution in [0.5, 0.6) is 0 Å². The van der Waals surface area contributed by atoms with Crippen LogP contribution < -0.4 is 11.1 Å². The number of amides is 1. The second kappa shape index (κ2) is 5.61. The van der Waals surface area contributed by atoms with Gasteiger partial charge in [0.1, 0.15) is 12.0 Å². The van der Waals surface area contributed by atoms with Crippen molar-refractivity contribution in [1.82, 2.24) is 9.97 Å². The fourth-order valence-corrected chi connectivity index (χ4v) is 1.95. The average Bonchev–Trinajstić information content (AvgIpc) is 2.37. The van der Waals surface area contributed by atoms with Crippen molar-refractivity contribution < 1.29 is 4.79 Å². The number of anilines is 2. The first-order valence-corrected chi connectivity index (χ1v) is 6.15. The number of rotatable bonds is 2. The van der Waals surface area contributed by atoms with Gasteiger partial charge in [0.2, 0.25) is 0 Å². The van der Waals surface area contributed by atoms with Crippen molar-refractivity contribution in [2.45, 2.75) is 0 Å². The molecular weight excluding hydrogens is 311 g/mol. The Balaban J connectivity index is 2.34. The molecule has 0 atom stereocenters. The van der Waals surface area contributed by atoms with Crippen molar-refractivity contribution in [2.75, 3.05) is 11.1 Å². The molecule has 0 bridgehead atoms. The normalized spacial score (nSPS) is 10.3. The van der Waals surface area contributed by atoms with E-state index in [-0.39, 0.29) is 32.3 Å². The number of aromatic nitrogens is 2. The van der Waals surface area contributed by atoms with E-state index >= 15 is 0 Å². The van der Waals surface area contributed by atoms with E-state index in [0.29, 0.717) is 0 Å². The molecule has 2 rings (SSSR count). The summed E-state index contributed by atoms with van der Waals surface area (Å²) in [6, 6.07) is 4.72. The average molecular weight is 318 g/mol. The molecule has 0 saturated heterocycles. The molecule has 0 aliphatic heterocycles. The van der Waals surface area contributed by atoms with Gasteiger partial charge < -0.3 is 11.1 Å². The van der Waals surface area contributed by atoms with Crippen LogP contribution in [0, 0.1) is 0 Å². The summed E-state index contributed by atoms with van der Waals surface area (Å²) < 4.78 is 0. The minimum atomic E-state index is -0.501. The van der Waals surface area contributed by atoms with Crippen molar-refractivity contribution in [1.29, 1.82) is 0 Å². The van der Waals surface area contributed by atoms with Gasteiger partial charge in [-0.05, 0) is 12.1 Å². The van der Waals surface area contributed by atoms with E-state index in [2.05, 4.69) is 15.3 Å². The third kappa shape index (κ3) is 2.89. The standard InChI is InChI=1S/C11H7Cl3N4O/c12-6-3-1-2-5(7(6)15)11(19)18-8-9(13)16-4-17-10(8)14/h1-4H,15H2,(H,18,19). The number of nitrogens with two attached hydrogens (primary N) is 1. The molecule has 0 aliphatic rings. The van der Waals surface area contributed by atoms with Crippen molar-refractivity contribution in [3.05, 3.63) is 45.4 Å². The number of carbonyl (C=O) groups excluding carboxylic acids is 1. The predicted octanol–water partition coefficient (Wildman–Crippen LogP) is 3.27. The van der Waals surface area contributed by atoms with E-state index in [1.807, 2.05) is 0 Å². The summed E-state index contributed by atoms with van der Waals surface area (Å²) in [6.45, 7) is 0. The van der Waals surface area contributed by atoms with Crippen LogP contribution >= 0.6 is 34.8 Å². The van der Waals surface area contributed by atoms with Crippen LogP contribution in [0.2, 0.25) is 15.3 Å². The number of hydrogen-bond donors (Lipinski definition) is 2. The highest BCUT2D eigenvalue weighted by molar-refractivity contribution is 6.38. The molecule has 1 amide bonds. The van der Waals surface area contributed by atoms with E-state index in [1.165, 1.54) is 12.4 Å². The minimum absolute atomic E-state index is 0.0361. The zero-order chi connectivity index (χ0) is 14.0. The van der Waals surface area contributed by atoms with Gasteiger partial charge in [-0.2, -0.15) is 0 Å². The van der Waals surface area contributed by atoms with Crippen LogP contribution in [0.15, 0.2) is 24.5 Å². The van der Waals surface area contributed by atoms with Crippen LogP contribution in [0.1, 0.15) is 10.4 Å². The van der Waals surface area contributed by atoms with Crippen LogP contribution in [0.25, 0.3) is 0 Å². The number of halogens is 3. The van der Waals surface area contributed by atoms with E-state index in [0.717, 1.165) is 0 Å². The third-order valence-corrected chi connectivity index (χ3v) is 3.19. The zero-order valence-electron chi connectivity index (χ0n) is 9.32. The van der Waals surface area contributed by atoms with Gasteiger partial charge in [0, 0.05) is 0 Å². The monoisotopic (exact) mass is 316 g/mol. The lowest BCUT2D eigenvalue weighted by Crippen LogP contribution is -2.15. The molecule has 0 aliphatic carbocycles. The summed E-state index contributed by atoms with van der Waals surface area (Å²) in [5, 5.41) is 2.85. The molecule has 98 valence electrons. The fraction of sp³-hybridized carbons (Fsp3) is 0. The van der Waals surface area contributed by atoms with Gasteiger partial charge in [-0.1, -0.05) is 40.9 Å². The summed E-state index contributed by atoms with van der Waals surface area (Å²) in [5.41, 5.74) is 6.23. The van der Waals surface area contributed by atoms with E-state index in [1.54, 1.807) is 12.1 Å². The molecule has 0 unspecified atom stereocenters. The summed E-state index contributed by atoms with van der Waals surface area (Å²) >= 11 is 17.5. The number of nitrogens with one attached hydrogen (secondary N) is 1. The Morgan fingerprint density at radius 2 is 1.79 bits per heavy atom. The second-order valence-electron chi connectivity index (χ2n) is 3.49. The van der Waals surface area contributed by atoms with Gasteiger partial charge in [-0.15, -0.1) is 0 Å². The quantitative estimate of drug-likeness (QED) is 0.658. The van der Waals surface area contributed by atoms with Gasteiger partial charge in [0.15, 0.2) is 10.3 Å². The maximum absolute atomic E-state index is 12.1. The van der Waals surface area contributed by atoms with Crippen molar-refractivity contribution in [3.8, 4) is 0 Å². The highest BCUT2D eigenvalue weighted by Crippen LogP contribution is 2.28.